The summed E-state index contributed by atoms with van der Waals surface area (Å²) in [6.45, 7) is 2.14. The molecule has 0 bridgehead atoms. The number of nitrogens with one attached hydrogen (secondary N) is 1. The Morgan fingerprint density at radius 1 is 1.10 bits per heavy atom. The second kappa shape index (κ2) is 8.88. The molecule has 2 aromatic carbocycles. The molecule has 29 heavy (non-hydrogen) atoms. The molecule has 154 valence electrons. The first-order valence-electron chi connectivity index (χ1n) is 9.75. The van der Waals surface area contributed by atoms with Crippen molar-refractivity contribution in [3.8, 4) is 0 Å². The topological polar surface area (TPSA) is 106 Å². The van der Waals surface area contributed by atoms with Gasteiger partial charge in [0, 0.05) is 18.9 Å². The molecule has 0 unspecified atom stereocenters. The minimum absolute atomic E-state index is 0.0420. The number of nitrogens with two attached hydrogens (primary N) is 1. The highest BCUT2D eigenvalue weighted by Gasteiger charge is 2.24. The summed E-state index contributed by atoms with van der Waals surface area (Å²) >= 11 is 0. The van der Waals surface area contributed by atoms with Crippen LogP contribution in [0.5, 0.6) is 0 Å². The van der Waals surface area contributed by atoms with E-state index in [0.29, 0.717) is 18.7 Å². The summed E-state index contributed by atoms with van der Waals surface area (Å²) < 4.78 is 22.6. The third-order valence-corrected chi connectivity index (χ3v) is 6.43. The number of carbonyl (C=O) groups excluding carboxylic acids is 2. The Morgan fingerprint density at radius 3 is 2.28 bits per heavy atom. The third kappa shape index (κ3) is 5.52. The average Bonchev–Trinajstić information content (AvgIpc) is 3.10. The van der Waals surface area contributed by atoms with Gasteiger partial charge in [-0.25, -0.2) is 13.6 Å². The molecule has 2 aromatic rings. The second-order valence-electron chi connectivity index (χ2n) is 7.63. The van der Waals surface area contributed by atoms with Gasteiger partial charge in [-0.2, -0.15) is 0 Å². The maximum atomic E-state index is 12.5. The second-order valence-corrected chi connectivity index (χ2v) is 9.19. The highest BCUT2D eigenvalue weighted by molar-refractivity contribution is 7.89. The van der Waals surface area contributed by atoms with Crippen LogP contribution in [0.25, 0.3) is 0 Å². The largest absolute Gasteiger partial charge is 0.352 e. The molecular formula is C22H26N2O4S. The number of benzene rings is 2. The predicted molar refractivity (Wildman–Crippen MR) is 111 cm³/mol. The Kier molecular flexibility index (Phi) is 6.49. The number of hydrogen-bond acceptors (Lipinski definition) is 4. The zero-order valence-electron chi connectivity index (χ0n) is 16.4. The van der Waals surface area contributed by atoms with Gasteiger partial charge in [0.05, 0.1) is 10.8 Å². The number of rotatable bonds is 7. The maximum absolute atomic E-state index is 12.5. The van der Waals surface area contributed by atoms with Gasteiger partial charge in [-0.05, 0) is 55.0 Å². The van der Waals surface area contributed by atoms with E-state index in [-0.39, 0.29) is 22.6 Å². The molecule has 1 aliphatic rings. The molecule has 0 saturated heterocycles. The van der Waals surface area contributed by atoms with E-state index in [1.54, 1.807) is 12.1 Å². The minimum Gasteiger partial charge on any atom is -0.352 e. The lowest BCUT2D eigenvalue weighted by Crippen LogP contribution is -2.27. The van der Waals surface area contributed by atoms with Crippen molar-refractivity contribution < 1.29 is 18.0 Å². The molecule has 7 heteroatoms. The van der Waals surface area contributed by atoms with Gasteiger partial charge in [0.25, 0.3) is 0 Å². The first kappa shape index (κ1) is 21.2. The van der Waals surface area contributed by atoms with Crippen molar-refractivity contribution in [2.24, 2.45) is 11.1 Å². The summed E-state index contributed by atoms with van der Waals surface area (Å²) in [4.78, 5) is 24.3. The number of sulfonamides is 1. The van der Waals surface area contributed by atoms with E-state index >= 15 is 0 Å². The van der Waals surface area contributed by atoms with Crippen molar-refractivity contribution in [3.63, 3.8) is 0 Å². The van der Waals surface area contributed by atoms with Crippen molar-refractivity contribution in [1.82, 2.24) is 5.32 Å². The number of ketones is 1. The highest BCUT2D eigenvalue weighted by Crippen LogP contribution is 2.26. The number of carbonyl (C=O) groups is 2. The SMILES string of the molecule is C[C@@H](C(=O)NCc1ccc(S(N)(=O)=O)cc1)c1ccc(C[C@@H]2CCCC2=O)cc1. The maximum Gasteiger partial charge on any atom is 0.238 e. The van der Waals surface area contributed by atoms with Crippen LogP contribution in [0, 0.1) is 5.92 Å². The molecule has 1 fully saturated rings. The van der Waals surface area contributed by atoms with Gasteiger partial charge in [0.15, 0.2) is 0 Å². The van der Waals surface area contributed by atoms with Crippen LogP contribution in [0.4, 0.5) is 0 Å². The van der Waals surface area contributed by atoms with Crippen LogP contribution >= 0.6 is 0 Å². The van der Waals surface area contributed by atoms with Gasteiger partial charge in [0.1, 0.15) is 5.78 Å². The summed E-state index contributed by atoms with van der Waals surface area (Å²) in [6, 6.07) is 14.0. The van der Waals surface area contributed by atoms with Gasteiger partial charge in [-0.1, -0.05) is 36.4 Å². The Hall–Kier alpha value is -2.51. The van der Waals surface area contributed by atoms with Crippen LogP contribution in [0.3, 0.4) is 0 Å². The fourth-order valence-corrected chi connectivity index (χ4v) is 4.14. The fraction of sp³-hybridized carbons (Fsp3) is 0.364. The van der Waals surface area contributed by atoms with Crippen LogP contribution in [-0.2, 0) is 32.6 Å². The molecule has 2 atom stereocenters. The average molecular weight is 415 g/mol. The molecular weight excluding hydrogens is 388 g/mol. The van der Waals surface area contributed by atoms with E-state index in [9.17, 15) is 18.0 Å². The number of hydrogen-bond donors (Lipinski definition) is 2. The lowest BCUT2D eigenvalue weighted by atomic mass is 9.94. The lowest BCUT2D eigenvalue weighted by molar-refractivity contribution is -0.122. The number of amides is 1. The molecule has 0 aliphatic heterocycles. The van der Waals surface area contributed by atoms with Crippen molar-refractivity contribution in [2.75, 3.05) is 0 Å². The third-order valence-electron chi connectivity index (χ3n) is 5.50. The smallest absolute Gasteiger partial charge is 0.238 e. The van der Waals surface area contributed by atoms with Crippen LogP contribution in [0.2, 0.25) is 0 Å². The highest BCUT2D eigenvalue weighted by atomic mass is 32.2. The van der Waals surface area contributed by atoms with Crippen LogP contribution in [0.1, 0.15) is 48.8 Å². The van der Waals surface area contributed by atoms with Crippen molar-refractivity contribution in [2.45, 2.75) is 50.0 Å². The van der Waals surface area contributed by atoms with Crippen LogP contribution in [0.15, 0.2) is 53.4 Å². The van der Waals surface area contributed by atoms with Gasteiger partial charge >= 0.3 is 0 Å². The Morgan fingerprint density at radius 2 is 1.72 bits per heavy atom. The van der Waals surface area contributed by atoms with E-state index in [0.717, 1.165) is 36.0 Å². The first-order chi connectivity index (χ1) is 13.7. The minimum atomic E-state index is -3.72. The molecule has 0 radical (unpaired) electrons. The van der Waals surface area contributed by atoms with Gasteiger partial charge in [0.2, 0.25) is 15.9 Å². The molecule has 0 aromatic heterocycles. The molecule has 1 saturated carbocycles. The van der Waals surface area contributed by atoms with Crippen molar-refractivity contribution >= 4 is 21.7 Å². The van der Waals surface area contributed by atoms with Crippen LogP contribution in [-0.4, -0.2) is 20.1 Å². The zero-order chi connectivity index (χ0) is 21.0. The normalized spacial score (nSPS) is 17.9. The molecule has 1 aliphatic carbocycles. The Bertz CT molecular complexity index is 982. The van der Waals surface area contributed by atoms with Crippen LogP contribution < -0.4 is 10.5 Å². The first-order valence-corrected chi connectivity index (χ1v) is 11.3. The molecule has 0 heterocycles. The standard InChI is InChI=1S/C22H26N2O4S/c1-15(18-9-5-16(6-10-18)13-19-3-2-4-21(19)25)22(26)24-14-17-7-11-20(12-8-17)29(23,27)28/h5-12,15,19H,2-4,13-14H2,1H3,(H,24,26)(H2,23,27,28)/t15-,19+/m1/s1. The molecule has 3 N–H and O–H groups in total. The Balaban J connectivity index is 1.55. The van der Waals surface area contributed by atoms with E-state index < -0.39 is 10.0 Å². The number of primary sulfonamides is 1. The summed E-state index contributed by atoms with van der Waals surface area (Å²) in [5.41, 5.74) is 2.82. The molecule has 0 spiro atoms. The quantitative estimate of drug-likeness (QED) is 0.726. The predicted octanol–water partition coefficient (Wildman–Crippen LogP) is 2.67. The summed E-state index contributed by atoms with van der Waals surface area (Å²) in [7, 11) is -3.72. The van der Waals surface area contributed by atoms with Gasteiger partial charge in [-0.15, -0.1) is 0 Å². The van der Waals surface area contributed by atoms with Crippen molar-refractivity contribution in [3.05, 3.63) is 65.2 Å². The monoisotopic (exact) mass is 414 g/mol. The van der Waals surface area contributed by atoms with Gasteiger partial charge in [-0.3, -0.25) is 9.59 Å². The van der Waals surface area contributed by atoms with Crippen molar-refractivity contribution in [1.29, 1.82) is 0 Å². The summed E-state index contributed by atoms with van der Waals surface area (Å²) in [5, 5.41) is 7.95. The summed E-state index contributed by atoms with van der Waals surface area (Å²) in [6.07, 6.45) is 3.43. The molecule has 1 amide bonds. The Labute approximate surface area is 171 Å². The lowest BCUT2D eigenvalue weighted by Gasteiger charge is -2.14. The molecule has 6 nitrogen and oxygen atoms in total. The van der Waals surface area contributed by atoms with Gasteiger partial charge < -0.3 is 5.32 Å². The molecule has 3 rings (SSSR count). The van der Waals surface area contributed by atoms with E-state index in [2.05, 4.69) is 5.32 Å². The zero-order valence-corrected chi connectivity index (χ0v) is 17.2. The fourth-order valence-electron chi connectivity index (χ4n) is 3.62. The summed E-state index contributed by atoms with van der Waals surface area (Å²) in [5.74, 6) is 0.0706. The van der Waals surface area contributed by atoms with E-state index in [1.165, 1.54) is 12.1 Å². The number of Topliss-reactive ketones (excluding diaryl/α,β-unsaturated/α-hetero) is 1. The van der Waals surface area contributed by atoms with E-state index in [1.807, 2.05) is 31.2 Å². The van der Waals surface area contributed by atoms with E-state index in [4.69, 9.17) is 5.14 Å².